The number of hydrogen-bond donors (Lipinski definition) is 2. The standard InChI is InChI=1S/C26H28F3N3O2/c1-14(10-27)11-32-15(2)7-19-18-5-3-4-6-22(18)30-24(19)25(32)23-20(28)8-17(9-21(23)29)31-12-16(13-31)26(33)34/h3-6,8-9,14-16,25,30H,7,10-13H2,1-2H3,(H,33,34)/t14?,15-,25-/m1/s1. The number of rotatable bonds is 6. The molecule has 0 spiro atoms. The third-order valence-electron chi connectivity index (χ3n) is 7.24. The Bertz CT molecular complexity index is 1210. The topological polar surface area (TPSA) is 59.6 Å². The number of carboxylic acids is 1. The number of carbonyl (C=O) groups is 1. The Morgan fingerprint density at radius 3 is 2.53 bits per heavy atom. The maximum atomic E-state index is 15.6. The third-order valence-corrected chi connectivity index (χ3v) is 7.24. The monoisotopic (exact) mass is 471 g/mol. The van der Waals surface area contributed by atoms with Gasteiger partial charge in [0.05, 0.1) is 18.6 Å². The molecule has 5 nitrogen and oxygen atoms in total. The Kier molecular flexibility index (Phi) is 5.80. The van der Waals surface area contributed by atoms with E-state index in [0.29, 0.717) is 18.7 Å². The number of nitrogens with zero attached hydrogens (tertiary/aromatic N) is 2. The zero-order chi connectivity index (χ0) is 24.1. The largest absolute Gasteiger partial charge is 0.481 e. The molecule has 2 aliphatic rings. The van der Waals surface area contributed by atoms with Crippen LogP contribution in [0.4, 0.5) is 18.9 Å². The van der Waals surface area contributed by atoms with Gasteiger partial charge in [-0.3, -0.25) is 14.1 Å². The highest BCUT2D eigenvalue weighted by Crippen LogP contribution is 2.43. The second kappa shape index (κ2) is 8.65. The van der Waals surface area contributed by atoms with Gasteiger partial charge in [-0.25, -0.2) is 8.78 Å². The van der Waals surface area contributed by atoms with Crippen LogP contribution in [0.2, 0.25) is 0 Å². The van der Waals surface area contributed by atoms with Gasteiger partial charge in [0, 0.05) is 53.5 Å². The number of aliphatic carboxylic acids is 1. The minimum Gasteiger partial charge on any atom is -0.481 e. The Morgan fingerprint density at radius 2 is 1.88 bits per heavy atom. The molecule has 180 valence electrons. The number of para-hydroxylation sites is 1. The zero-order valence-corrected chi connectivity index (χ0v) is 19.2. The summed E-state index contributed by atoms with van der Waals surface area (Å²) in [5, 5.41) is 10.1. The number of benzene rings is 2. The fraction of sp³-hybridized carbons (Fsp3) is 0.423. The van der Waals surface area contributed by atoms with Crippen molar-refractivity contribution in [2.24, 2.45) is 11.8 Å². The van der Waals surface area contributed by atoms with Crippen LogP contribution in [-0.4, -0.2) is 53.3 Å². The molecule has 3 aromatic rings. The quantitative estimate of drug-likeness (QED) is 0.537. The van der Waals surface area contributed by atoms with Gasteiger partial charge in [-0.05, 0) is 43.0 Å². The first-order chi connectivity index (χ1) is 16.3. The molecule has 2 N–H and O–H groups in total. The molecule has 0 radical (unpaired) electrons. The van der Waals surface area contributed by atoms with Crippen LogP contribution < -0.4 is 4.90 Å². The van der Waals surface area contributed by atoms with E-state index in [0.717, 1.165) is 22.2 Å². The molecule has 0 aliphatic carbocycles. The number of aromatic amines is 1. The molecular weight excluding hydrogens is 443 g/mol. The van der Waals surface area contributed by atoms with Crippen molar-refractivity contribution in [3.05, 3.63) is 64.9 Å². The average molecular weight is 472 g/mol. The average Bonchev–Trinajstić information content (AvgIpc) is 3.12. The van der Waals surface area contributed by atoms with Crippen molar-refractivity contribution >= 4 is 22.6 Å². The molecule has 3 atom stereocenters. The second-order valence-corrected chi connectivity index (χ2v) is 9.74. The van der Waals surface area contributed by atoms with Crippen molar-refractivity contribution in [2.45, 2.75) is 32.4 Å². The summed E-state index contributed by atoms with van der Waals surface area (Å²) in [4.78, 5) is 18.2. The lowest BCUT2D eigenvalue weighted by Gasteiger charge is -2.42. The third kappa shape index (κ3) is 3.74. The number of carboxylic acid groups (broad SMARTS) is 1. The molecule has 1 unspecified atom stereocenters. The number of alkyl halides is 1. The number of anilines is 1. The Morgan fingerprint density at radius 1 is 1.21 bits per heavy atom. The van der Waals surface area contributed by atoms with E-state index in [1.165, 1.54) is 12.1 Å². The highest BCUT2D eigenvalue weighted by atomic mass is 19.1. The van der Waals surface area contributed by atoms with Crippen LogP contribution in [0.25, 0.3) is 10.9 Å². The second-order valence-electron chi connectivity index (χ2n) is 9.74. The van der Waals surface area contributed by atoms with Crippen LogP contribution in [0.15, 0.2) is 36.4 Å². The van der Waals surface area contributed by atoms with Crippen LogP contribution >= 0.6 is 0 Å². The lowest BCUT2D eigenvalue weighted by atomic mass is 9.87. The van der Waals surface area contributed by atoms with Gasteiger partial charge < -0.3 is 15.0 Å². The fourth-order valence-corrected chi connectivity index (χ4v) is 5.37. The van der Waals surface area contributed by atoms with Crippen LogP contribution in [0, 0.1) is 23.5 Å². The number of hydrogen-bond acceptors (Lipinski definition) is 3. The molecule has 2 aliphatic heterocycles. The fourth-order valence-electron chi connectivity index (χ4n) is 5.37. The minimum absolute atomic E-state index is 0.0455. The summed E-state index contributed by atoms with van der Waals surface area (Å²) in [6.45, 7) is 4.10. The van der Waals surface area contributed by atoms with E-state index in [-0.39, 0.29) is 30.6 Å². The van der Waals surface area contributed by atoms with Gasteiger partial charge >= 0.3 is 5.97 Å². The van der Waals surface area contributed by atoms with Crippen molar-refractivity contribution in [3.63, 3.8) is 0 Å². The summed E-state index contributed by atoms with van der Waals surface area (Å²) >= 11 is 0. The highest BCUT2D eigenvalue weighted by Gasteiger charge is 2.40. The molecule has 2 aromatic carbocycles. The Labute approximate surface area is 196 Å². The van der Waals surface area contributed by atoms with Crippen LogP contribution in [-0.2, 0) is 11.2 Å². The summed E-state index contributed by atoms with van der Waals surface area (Å²) in [7, 11) is 0. The summed E-state index contributed by atoms with van der Waals surface area (Å²) in [5.74, 6) is -3.09. The molecule has 34 heavy (non-hydrogen) atoms. The molecule has 1 fully saturated rings. The number of aromatic nitrogens is 1. The van der Waals surface area contributed by atoms with E-state index in [9.17, 15) is 9.18 Å². The van der Waals surface area contributed by atoms with Gasteiger partial charge in [0.25, 0.3) is 0 Å². The van der Waals surface area contributed by atoms with Crippen LogP contribution in [0.1, 0.15) is 36.7 Å². The van der Waals surface area contributed by atoms with Gasteiger partial charge in [0.2, 0.25) is 0 Å². The Hall–Kier alpha value is -3.00. The van der Waals surface area contributed by atoms with Crippen molar-refractivity contribution < 1.29 is 23.1 Å². The van der Waals surface area contributed by atoms with E-state index in [1.54, 1.807) is 11.8 Å². The Balaban J connectivity index is 1.60. The minimum atomic E-state index is -0.908. The highest BCUT2D eigenvalue weighted by molar-refractivity contribution is 5.85. The SMILES string of the molecule is CC(CF)CN1[C@H](c2c(F)cc(N3CC(C(=O)O)C3)cc2F)c2[nH]c3ccccc3c2C[C@H]1C. The van der Waals surface area contributed by atoms with Crippen molar-refractivity contribution in [1.82, 2.24) is 9.88 Å². The van der Waals surface area contributed by atoms with E-state index < -0.39 is 36.2 Å². The predicted octanol–water partition coefficient (Wildman–Crippen LogP) is 4.91. The van der Waals surface area contributed by atoms with Crippen molar-refractivity contribution in [3.8, 4) is 0 Å². The first-order valence-electron chi connectivity index (χ1n) is 11.7. The maximum Gasteiger partial charge on any atom is 0.310 e. The summed E-state index contributed by atoms with van der Waals surface area (Å²) in [6, 6.07) is 9.62. The lowest BCUT2D eigenvalue weighted by molar-refractivity contribution is -0.142. The van der Waals surface area contributed by atoms with Gasteiger partial charge in [0.1, 0.15) is 11.6 Å². The van der Waals surface area contributed by atoms with Crippen LogP contribution in [0.3, 0.4) is 0 Å². The molecule has 1 saturated heterocycles. The van der Waals surface area contributed by atoms with Crippen molar-refractivity contribution in [2.75, 3.05) is 31.2 Å². The maximum absolute atomic E-state index is 15.6. The first-order valence-corrected chi connectivity index (χ1v) is 11.7. The number of H-pyrrole nitrogens is 1. The van der Waals surface area contributed by atoms with Crippen LogP contribution in [0.5, 0.6) is 0 Å². The van der Waals surface area contributed by atoms with Gasteiger partial charge in [0.15, 0.2) is 0 Å². The predicted molar refractivity (Wildman–Crippen MR) is 125 cm³/mol. The lowest BCUT2D eigenvalue weighted by Crippen LogP contribution is -2.50. The summed E-state index contributed by atoms with van der Waals surface area (Å²) in [5.41, 5.74) is 2.95. The smallest absolute Gasteiger partial charge is 0.310 e. The summed E-state index contributed by atoms with van der Waals surface area (Å²) < 4.78 is 44.8. The van der Waals surface area contributed by atoms with E-state index in [4.69, 9.17) is 5.11 Å². The molecule has 0 saturated carbocycles. The zero-order valence-electron chi connectivity index (χ0n) is 19.2. The number of fused-ring (bicyclic) bond motifs is 3. The summed E-state index contributed by atoms with van der Waals surface area (Å²) in [6.07, 6.45) is 0.695. The molecule has 5 rings (SSSR count). The molecule has 8 heteroatoms. The van der Waals surface area contributed by atoms with Gasteiger partial charge in [-0.1, -0.05) is 25.1 Å². The molecule has 0 bridgehead atoms. The first kappa shape index (κ1) is 22.8. The normalized spacial score (nSPS) is 22.0. The van der Waals surface area contributed by atoms with E-state index in [2.05, 4.69) is 4.98 Å². The number of nitrogens with one attached hydrogen (secondary N) is 1. The van der Waals surface area contributed by atoms with E-state index in [1.807, 2.05) is 36.1 Å². The molecular formula is C26H28F3N3O2. The van der Waals surface area contributed by atoms with Gasteiger partial charge in [-0.2, -0.15) is 0 Å². The van der Waals surface area contributed by atoms with E-state index >= 15 is 8.78 Å². The molecule has 1 aromatic heterocycles. The molecule has 0 amide bonds. The molecule has 3 heterocycles. The van der Waals surface area contributed by atoms with Crippen molar-refractivity contribution in [1.29, 1.82) is 0 Å². The van der Waals surface area contributed by atoms with Gasteiger partial charge in [-0.15, -0.1) is 0 Å². The number of halogens is 3.